The zero-order valence-corrected chi connectivity index (χ0v) is 20.6. The molecule has 1 aliphatic heterocycles. The molecule has 1 N–H and O–H groups in total. The van der Waals surface area contributed by atoms with Crippen LogP contribution < -0.4 is 9.61 Å². The smallest absolute Gasteiger partial charge is 0.337 e. The van der Waals surface area contributed by atoms with E-state index in [1.165, 1.54) is 0 Å². The zero-order valence-electron chi connectivity index (χ0n) is 19.8. The Bertz CT molecular complexity index is 1520. The molecule has 0 saturated carbocycles. The van der Waals surface area contributed by atoms with E-state index in [2.05, 4.69) is 0 Å². The van der Waals surface area contributed by atoms with E-state index < -0.39 is 17.7 Å². The van der Waals surface area contributed by atoms with Crippen LogP contribution in [0.2, 0.25) is 0 Å². The highest BCUT2D eigenvalue weighted by Gasteiger charge is 2.33. The van der Waals surface area contributed by atoms with Crippen molar-refractivity contribution < 1.29 is 19.4 Å². The number of thiazole rings is 1. The minimum Gasteiger partial charge on any atom is -0.493 e. The van der Waals surface area contributed by atoms with Gasteiger partial charge in [0.1, 0.15) is 5.75 Å². The molecule has 5 rings (SSSR count). The molecule has 2 aromatic heterocycles. The van der Waals surface area contributed by atoms with Gasteiger partial charge >= 0.3 is 10.8 Å². The SMILES string of the molecule is Cc1cc2c(sc(=O)n2C)c(-c2ccc3c4c(ccnc24)CCO3)c1C(OC(C)(C)C)C(=O)O. The van der Waals surface area contributed by atoms with Crippen LogP contribution in [-0.2, 0) is 23.0 Å². The maximum Gasteiger partial charge on any atom is 0.337 e. The topological polar surface area (TPSA) is 90.7 Å². The van der Waals surface area contributed by atoms with Crippen molar-refractivity contribution >= 4 is 38.4 Å². The van der Waals surface area contributed by atoms with Crippen LogP contribution in [0.4, 0.5) is 0 Å². The third-order valence-corrected chi connectivity index (χ3v) is 7.19. The molecule has 1 unspecified atom stereocenters. The van der Waals surface area contributed by atoms with Crippen LogP contribution in [0.5, 0.6) is 5.75 Å². The van der Waals surface area contributed by atoms with Gasteiger partial charge in [-0.1, -0.05) is 11.3 Å². The Labute approximate surface area is 200 Å². The van der Waals surface area contributed by atoms with Crippen LogP contribution in [0.15, 0.2) is 35.3 Å². The van der Waals surface area contributed by atoms with Gasteiger partial charge in [-0.25, -0.2) is 4.79 Å². The number of hydrogen-bond donors (Lipinski definition) is 1. The van der Waals surface area contributed by atoms with Gasteiger partial charge in [-0.15, -0.1) is 0 Å². The lowest BCUT2D eigenvalue weighted by atomic mass is 9.89. The van der Waals surface area contributed by atoms with Crippen LogP contribution in [0.25, 0.3) is 32.2 Å². The Kier molecular flexibility index (Phi) is 5.26. The highest BCUT2D eigenvalue weighted by atomic mass is 32.1. The lowest BCUT2D eigenvalue weighted by molar-refractivity contribution is -0.160. The predicted octanol–water partition coefficient (Wildman–Crippen LogP) is 5.00. The number of carboxylic acids is 1. The van der Waals surface area contributed by atoms with Crippen molar-refractivity contribution in [1.29, 1.82) is 0 Å². The number of fused-ring (bicyclic) bond motifs is 1. The van der Waals surface area contributed by atoms with Crippen LogP contribution >= 0.6 is 11.3 Å². The fraction of sp³-hybridized carbons (Fsp3) is 0.346. The number of hydrogen-bond acceptors (Lipinski definition) is 6. The Morgan fingerprint density at radius 3 is 2.76 bits per heavy atom. The molecule has 3 heterocycles. The van der Waals surface area contributed by atoms with E-state index in [4.69, 9.17) is 14.5 Å². The Hall–Kier alpha value is -3.23. The molecule has 176 valence electrons. The first-order chi connectivity index (χ1) is 16.1. The fourth-order valence-electron chi connectivity index (χ4n) is 4.70. The molecule has 0 aliphatic carbocycles. The number of aryl methyl sites for hydroxylation is 2. The van der Waals surface area contributed by atoms with Crippen molar-refractivity contribution in [2.45, 2.75) is 45.8 Å². The number of benzene rings is 2. The van der Waals surface area contributed by atoms with E-state index in [-0.39, 0.29) is 4.87 Å². The Morgan fingerprint density at radius 1 is 1.29 bits per heavy atom. The maximum atomic E-state index is 12.7. The minimum atomic E-state index is -1.22. The van der Waals surface area contributed by atoms with E-state index in [9.17, 15) is 14.7 Å². The molecule has 0 spiro atoms. The third-order valence-electron chi connectivity index (χ3n) is 6.13. The third kappa shape index (κ3) is 3.58. The highest BCUT2D eigenvalue weighted by molar-refractivity contribution is 7.17. The van der Waals surface area contributed by atoms with E-state index >= 15 is 0 Å². The molecule has 2 aromatic carbocycles. The number of carbonyl (C=O) groups is 1. The first-order valence-electron chi connectivity index (χ1n) is 11.1. The van der Waals surface area contributed by atoms with Crippen LogP contribution in [0.1, 0.15) is 43.6 Å². The lowest BCUT2D eigenvalue weighted by Gasteiger charge is -2.28. The average molecular weight is 479 g/mol. The molecule has 8 heteroatoms. The molecule has 1 atom stereocenters. The summed E-state index contributed by atoms with van der Waals surface area (Å²) < 4.78 is 14.3. The maximum absolute atomic E-state index is 12.7. The van der Waals surface area contributed by atoms with Gasteiger partial charge < -0.3 is 19.1 Å². The molecule has 0 radical (unpaired) electrons. The van der Waals surface area contributed by atoms with Crippen molar-refractivity contribution in [3.05, 3.63) is 56.8 Å². The fourth-order valence-corrected chi connectivity index (χ4v) is 5.73. The monoisotopic (exact) mass is 478 g/mol. The molecule has 1 aliphatic rings. The summed E-state index contributed by atoms with van der Waals surface area (Å²) in [5, 5.41) is 11.2. The summed E-state index contributed by atoms with van der Waals surface area (Å²) in [6.07, 6.45) is 1.33. The molecule has 0 fully saturated rings. The number of nitrogens with zero attached hydrogens (tertiary/aromatic N) is 2. The molecule has 0 bridgehead atoms. The first-order valence-corrected chi connectivity index (χ1v) is 12.0. The zero-order chi connectivity index (χ0) is 24.4. The lowest BCUT2D eigenvalue weighted by Crippen LogP contribution is -2.28. The second-order valence-electron chi connectivity index (χ2n) is 9.61. The molecule has 0 saturated heterocycles. The summed E-state index contributed by atoms with van der Waals surface area (Å²) in [4.78, 5) is 29.8. The second-order valence-corrected chi connectivity index (χ2v) is 10.6. The largest absolute Gasteiger partial charge is 0.493 e. The molecular weight excluding hydrogens is 452 g/mol. The summed E-state index contributed by atoms with van der Waals surface area (Å²) >= 11 is 1.11. The van der Waals surface area contributed by atoms with Crippen LogP contribution in [0.3, 0.4) is 0 Å². The number of aliphatic carboxylic acids is 1. The van der Waals surface area contributed by atoms with Gasteiger partial charge in [0.15, 0.2) is 6.10 Å². The van der Waals surface area contributed by atoms with Gasteiger partial charge in [0.2, 0.25) is 0 Å². The van der Waals surface area contributed by atoms with Crippen molar-refractivity contribution in [3.63, 3.8) is 0 Å². The molecule has 34 heavy (non-hydrogen) atoms. The number of pyridine rings is 1. The van der Waals surface area contributed by atoms with Gasteiger partial charge in [0.25, 0.3) is 0 Å². The predicted molar refractivity (Wildman–Crippen MR) is 133 cm³/mol. The summed E-state index contributed by atoms with van der Waals surface area (Å²) in [6, 6.07) is 7.69. The molecular formula is C26H26N2O5S. The number of carboxylic acid groups (broad SMARTS) is 1. The number of ether oxygens (including phenoxy) is 2. The van der Waals surface area contributed by atoms with Crippen molar-refractivity contribution in [2.24, 2.45) is 7.05 Å². The molecule has 0 amide bonds. The number of rotatable bonds is 4. The Morgan fingerprint density at radius 2 is 2.06 bits per heavy atom. The average Bonchev–Trinajstić information content (AvgIpc) is 3.05. The van der Waals surface area contributed by atoms with E-state index in [1.54, 1.807) is 17.8 Å². The van der Waals surface area contributed by atoms with Gasteiger partial charge in [-0.2, -0.15) is 0 Å². The van der Waals surface area contributed by atoms with Gasteiger partial charge in [0.05, 0.1) is 27.9 Å². The molecule has 4 aromatic rings. The van der Waals surface area contributed by atoms with Crippen molar-refractivity contribution in [3.8, 4) is 16.9 Å². The van der Waals surface area contributed by atoms with Crippen molar-refractivity contribution in [2.75, 3.05) is 6.61 Å². The second kappa shape index (κ2) is 7.92. The van der Waals surface area contributed by atoms with E-state index in [1.807, 2.05) is 52.0 Å². The van der Waals surface area contributed by atoms with Crippen LogP contribution in [-0.4, -0.2) is 32.8 Å². The van der Waals surface area contributed by atoms with Crippen molar-refractivity contribution in [1.82, 2.24) is 9.55 Å². The highest BCUT2D eigenvalue weighted by Crippen LogP contribution is 2.45. The minimum absolute atomic E-state index is 0.115. The van der Waals surface area contributed by atoms with E-state index in [0.717, 1.165) is 61.3 Å². The summed E-state index contributed by atoms with van der Waals surface area (Å²) in [6.45, 7) is 7.96. The number of aromatic nitrogens is 2. The summed E-state index contributed by atoms with van der Waals surface area (Å²) in [5.74, 6) is -0.318. The first kappa shape index (κ1) is 22.6. The molecule has 7 nitrogen and oxygen atoms in total. The van der Waals surface area contributed by atoms with Gasteiger partial charge in [-0.3, -0.25) is 9.78 Å². The summed E-state index contributed by atoms with van der Waals surface area (Å²) in [7, 11) is 1.73. The van der Waals surface area contributed by atoms with Crippen LogP contribution in [0, 0.1) is 6.92 Å². The normalized spacial score (nSPS) is 14.4. The van der Waals surface area contributed by atoms with E-state index in [0.29, 0.717) is 17.7 Å². The summed E-state index contributed by atoms with van der Waals surface area (Å²) in [5.41, 5.74) is 4.64. The standard InChI is InChI=1S/C26H26N2O5S/c1-13-12-16-23(34-25(31)28(16)5)20(18(13)22(24(29)30)33-26(2,3)4)15-6-7-17-19-14(9-11-32-17)8-10-27-21(15)19/h6-8,10,12,22H,9,11H2,1-5H3,(H,29,30). The quantitative estimate of drug-likeness (QED) is 0.444. The Balaban J connectivity index is 1.94. The van der Waals surface area contributed by atoms with Gasteiger partial charge in [0, 0.05) is 41.7 Å². The van der Waals surface area contributed by atoms with Gasteiger partial charge in [-0.05, 0) is 63.1 Å².